The number of carbonyl (C=O) groups is 1. The van der Waals surface area contributed by atoms with E-state index >= 15 is 0 Å². The van der Waals surface area contributed by atoms with E-state index in [0.717, 1.165) is 4.70 Å². The maximum Gasteiger partial charge on any atom is 0.263 e. The van der Waals surface area contributed by atoms with Crippen molar-refractivity contribution in [2.75, 3.05) is 0 Å². The van der Waals surface area contributed by atoms with Crippen LogP contribution >= 0.6 is 57.7 Å². The zero-order chi connectivity index (χ0) is 11.2. The van der Waals surface area contributed by atoms with Crippen molar-refractivity contribution in [3.8, 4) is 0 Å². The zero-order valence-corrected chi connectivity index (χ0v) is 10.8. The standard InChI is InChI=1S/C9H2Cl4OS/c10-3-1-4(11)6-5(2-3)15-8(7(6)12)9(13)14/h1-2H. The van der Waals surface area contributed by atoms with Crippen molar-refractivity contribution in [2.24, 2.45) is 0 Å². The number of halogens is 4. The summed E-state index contributed by atoms with van der Waals surface area (Å²) >= 11 is 24.3. The first-order valence-electron chi connectivity index (χ1n) is 3.77. The summed E-state index contributed by atoms with van der Waals surface area (Å²) in [5, 5.41) is 1.24. The van der Waals surface area contributed by atoms with Crippen molar-refractivity contribution in [2.45, 2.75) is 0 Å². The van der Waals surface area contributed by atoms with Crippen molar-refractivity contribution < 1.29 is 4.79 Å². The predicted octanol–water partition coefficient (Wildman–Crippen LogP) is 5.24. The highest BCUT2D eigenvalue weighted by Crippen LogP contribution is 2.41. The number of benzene rings is 1. The molecule has 0 aliphatic carbocycles. The van der Waals surface area contributed by atoms with Crippen LogP contribution in [-0.2, 0) is 0 Å². The Balaban J connectivity index is 2.88. The molecule has 0 N–H and O–H groups in total. The van der Waals surface area contributed by atoms with Crippen LogP contribution in [0.4, 0.5) is 0 Å². The molecule has 15 heavy (non-hydrogen) atoms. The minimum Gasteiger partial charge on any atom is -0.275 e. The topological polar surface area (TPSA) is 17.1 Å². The van der Waals surface area contributed by atoms with E-state index in [1.165, 1.54) is 11.3 Å². The second-order valence-corrected chi connectivity index (χ2v) is 5.40. The SMILES string of the molecule is O=C(Cl)c1sc2cc(Cl)cc(Cl)c2c1Cl. The molecule has 78 valence electrons. The monoisotopic (exact) mass is 298 g/mol. The molecule has 6 heteroatoms. The second kappa shape index (κ2) is 4.11. The molecule has 0 saturated carbocycles. The Bertz CT molecular complexity index is 561. The molecule has 0 amide bonds. The third-order valence-corrected chi connectivity index (χ3v) is 4.27. The van der Waals surface area contributed by atoms with Crippen LogP contribution in [0.2, 0.25) is 15.1 Å². The van der Waals surface area contributed by atoms with Gasteiger partial charge in [-0.3, -0.25) is 4.79 Å². The minimum atomic E-state index is -0.589. The van der Waals surface area contributed by atoms with Crippen LogP contribution in [0.25, 0.3) is 10.1 Å². The first-order chi connectivity index (χ1) is 7.00. The van der Waals surface area contributed by atoms with Crippen LogP contribution < -0.4 is 0 Å². The number of thiophene rings is 1. The third-order valence-electron chi connectivity index (χ3n) is 1.83. The van der Waals surface area contributed by atoms with Gasteiger partial charge in [-0.2, -0.15) is 0 Å². The molecule has 0 saturated heterocycles. The Hall–Kier alpha value is 0.01000. The molecule has 1 nitrogen and oxygen atoms in total. The summed E-state index contributed by atoms with van der Waals surface area (Å²) in [4.78, 5) is 11.3. The molecule has 0 fully saturated rings. The smallest absolute Gasteiger partial charge is 0.263 e. The van der Waals surface area contributed by atoms with Crippen molar-refractivity contribution in [3.63, 3.8) is 0 Å². The molecule has 1 heterocycles. The van der Waals surface area contributed by atoms with E-state index in [2.05, 4.69) is 0 Å². The summed E-state index contributed by atoms with van der Waals surface area (Å²) in [5.74, 6) is 0. The van der Waals surface area contributed by atoms with Crippen LogP contribution in [0.5, 0.6) is 0 Å². The molecule has 2 rings (SSSR count). The summed E-state index contributed by atoms with van der Waals surface area (Å²) in [5.41, 5.74) is 0. The van der Waals surface area contributed by atoms with Crippen LogP contribution in [0.3, 0.4) is 0 Å². The van der Waals surface area contributed by atoms with Gasteiger partial charge in [0.15, 0.2) is 0 Å². The van der Waals surface area contributed by atoms with E-state index in [1.807, 2.05) is 0 Å². The van der Waals surface area contributed by atoms with E-state index in [-0.39, 0.29) is 9.90 Å². The van der Waals surface area contributed by atoms with Crippen molar-refractivity contribution in [1.82, 2.24) is 0 Å². The van der Waals surface area contributed by atoms with Gasteiger partial charge in [-0.1, -0.05) is 34.8 Å². The van der Waals surface area contributed by atoms with Gasteiger partial charge in [0.2, 0.25) is 0 Å². The normalized spacial score (nSPS) is 10.9. The first kappa shape index (κ1) is 11.5. The maximum absolute atomic E-state index is 11.0. The molecule has 0 aliphatic rings. The molecule has 0 bridgehead atoms. The van der Waals surface area contributed by atoms with Gasteiger partial charge in [-0.15, -0.1) is 11.3 Å². The Morgan fingerprint density at radius 1 is 1.20 bits per heavy atom. The van der Waals surface area contributed by atoms with Crippen molar-refractivity contribution >= 4 is 73.1 Å². The maximum atomic E-state index is 11.0. The molecular weight excluding hydrogens is 298 g/mol. The number of carbonyl (C=O) groups excluding carboxylic acids is 1. The highest BCUT2D eigenvalue weighted by molar-refractivity contribution is 7.23. The quantitative estimate of drug-likeness (QED) is 0.658. The van der Waals surface area contributed by atoms with E-state index < -0.39 is 5.24 Å². The van der Waals surface area contributed by atoms with E-state index in [0.29, 0.717) is 15.4 Å². The van der Waals surface area contributed by atoms with E-state index in [4.69, 9.17) is 46.4 Å². The third kappa shape index (κ3) is 1.97. The lowest BCUT2D eigenvalue weighted by molar-refractivity contribution is 0.108. The molecule has 0 unspecified atom stereocenters. The van der Waals surface area contributed by atoms with E-state index in [1.54, 1.807) is 12.1 Å². The zero-order valence-electron chi connectivity index (χ0n) is 6.98. The lowest BCUT2D eigenvalue weighted by Gasteiger charge is -1.95. The fraction of sp³-hybridized carbons (Fsp3) is 0. The molecule has 0 radical (unpaired) electrons. The summed E-state index contributed by atoms with van der Waals surface area (Å²) in [6.45, 7) is 0. The second-order valence-electron chi connectivity index (χ2n) is 2.78. The summed E-state index contributed by atoms with van der Waals surface area (Å²) < 4.78 is 0.751. The molecule has 0 spiro atoms. The van der Waals surface area contributed by atoms with Crippen LogP contribution in [0.15, 0.2) is 12.1 Å². The summed E-state index contributed by atoms with van der Waals surface area (Å²) in [7, 11) is 0. The molecule has 0 atom stereocenters. The van der Waals surface area contributed by atoms with Gasteiger partial charge in [-0.05, 0) is 23.7 Å². The van der Waals surface area contributed by atoms with E-state index in [9.17, 15) is 4.79 Å². The van der Waals surface area contributed by atoms with Gasteiger partial charge < -0.3 is 0 Å². The van der Waals surface area contributed by atoms with Gasteiger partial charge >= 0.3 is 0 Å². The van der Waals surface area contributed by atoms with Crippen molar-refractivity contribution in [1.29, 1.82) is 0 Å². The van der Waals surface area contributed by atoms with Gasteiger partial charge in [0.1, 0.15) is 4.88 Å². The lowest BCUT2D eigenvalue weighted by Crippen LogP contribution is -1.81. The van der Waals surface area contributed by atoms with Crippen LogP contribution in [0.1, 0.15) is 9.67 Å². The Labute approximate surface area is 109 Å². The Morgan fingerprint density at radius 2 is 1.87 bits per heavy atom. The molecule has 2 aromatic rings. The minimum absolute atomic E-state index is 0.289. The number of rotatable bonds is 1. The highest BCUT2D eigenvalue weighted by atomic mass is 35.5. The fourth-order valence-corrected chi connectivity index (χ4v) is 3.71. The van der Waals surface area contributed by atoms with Gasteiger partial charge in [0, 0.05) is 15.1 Å². The number of fused-ring (bicyclic) bond motifs is 1. The summed E-state index contributed by atoms with van der Waals surface area (Å²) in [6.07, 6.45) is 0. The number of hydrogen-bond donors (Lipinski definition) is 0. The highest BCUT2D eigenvalue weighted by Gasteiger charge is 2.17. The largest absolute Gasteiger partial charge is 0.275 e. The fourth-order valence-electron chi connectivity index (χ4n) is 1.24. The van der Waals surface area contributed by atoms with Crippen LogP contribution in [0, 0.1) is 0 Å². The van der Waals surface area contributed by atoms with Gasteiger partial charge in [0.05, 0.1) is 10.0 Å². The van der Waals surface area contributed by atoms with Crippen molar-refractivity contribution in [3.05, 3.63) is 32.1 Å². The molecule has 1 aromatic carbocycles. The van der Waals surface area contributed by atoms with Crippen LogP contribution in [-0.4, -0.2) is 5.24 Å². The number of hydrogen-bond acceptors (Lipinski definition) is 2. The summed E-state index contributed by atoms with van der Waals surface area (Å²) in [6, 6.07) is 3.27. The first-order valence-corrected chi connectivity index (χ1v) is 6.10. The van der Waals surface area contributed by atoms with Gasteiger partial charge in [0.25, 0.3) is 5.24 Å². The molecule has 1 aromatic heterocycles. The average molecular weight is 300 g/mol. The van der Waals surface area contributed by atoms with Gasteiger partial charge in [-0.25, -0.2) is 0 Å². The molecular formula is C9H2Cl4OS. The lowest BCUT2D eigenvalue weighted by atomic mass is 10.2. The molecule has 0 aliphatic heterocycles. The average Bonchev–Trinajstić information content (AvgIpc) is 2.42. The Kier molecular flexibility index (Phi) is 3.15. The Morgan fingerprint density at radius 3 is 2.47 bits per heavy atom. The predicted molar refractivity (Wildman–Crippen MR) is 67.0 cm³/mol.